The van der Waals surface area contributed by atoms with Crippen LogP contribution in [0.2, 0.25) is 0 Å². The molecule has 4 rings (SSSR count). The molecule has 0 spiro atoms. The van der Waals surface area contributed by atoms with Crippen molar-refractivity contribution in [1.29, 1.82) is 0 Å². The van der Waals surface area contributed by atoms with Crippen LogP contribution in [0, 0.1) is 0 Å². The van der Waals surface area contributed by atoms with E-state index >= 15 is 0 Å². The van der Waals surface area contributed by atoms with E-state index in [9.17, 15) is 14.4 Å². The Bertz CT molecular complexity index is 989. The first-order valence-corrected chi connectivity index (χ1v) is 9.84. The van der Waals surface area contributed by atoms with E-state index in [4.69, 9.17) is 4.74 Å². The smallest absolute Gasteiger partial charge is 0.256 e. The fraction of sp³-hybridized carbons (Fsp3) is 0.318. The minimum Gasteiger partial charge on any atom is -0.497 e. The molecule has 8 nitrogen and oxygen atoms in total. The van der Waals surface area contributed by atoms with Crippen LogP contribution in [0.4, 0.5) is 5.69 Å². The van der Waals surface area contributed by atoms with Crippen LogP contribution in [-0.4, -0.2) is 62.0 Å². The van der Waals surface area contributed by atoms with E-state index in [1.54, 1.807) is 31.2 Å². The monoisotopic (exact) mass is 408 g/mol. The maximum atomic E-state index is 13.3. The van der Waals surface area contributed by atoms with Crippen molar-refractivity contribution in [2.75, 3.05) is 32.6 Å². The molecule has 8 heteroatoms. The zero-order chi connectivity index (χ0) is 21.3. The maximum absolute atomic E-state index is 13.3. The van der Waals surface area contributed by atoms with E-state index in [1.165, 1.54) is 0 Å². The lowest BCUT2D eigenvalue weighted by Gasteiger charge is -2.20. The molecule has 30 heavy (non-hydrogen) atoms. The molecule has 2 heterocycles. The summed E-state index contributed by atoms with van der Waals surface area (Å²) >= 11 is 0. The lowest BCUT2D eigenvalue weighted by molar-refractivity contribution is -0.121. The van der Waals surface area contributed by atoms with Gasteiger partial charge in [0.1, 0.15) is 11.8 Å². The van der Waals surface area contributed by atoms with Gasteiger partial charge in [-0.1, -0.05) is 18.2 Å². The van der Waals surface area contributed by atoms with E-state index in [0.717, 1.165) is 16.9 Å². The molecule has 0 aliphatic carbocycles. The van der Waals surface area contributed by atoms with Crippen LogP contribution < -0.4 is 20.7 Å². The first-order valence-electron chi connectivity index (χ1n) is 9.84. The van der Waals surface area contributed by atoms with Crippen molar-refractivity contribution in [2.45, 2.75) is 18.5 Å². The Labute approximate surface area is 174 Å². The maximum Gasteiger partial charge on any atom is 0.256 e. The highest BCUT2D eigenvalue weighted by Gasteiger charge is 2.43. The predicted molar refractivity (Wildman–Crippen MR) is 112 cm³/mol. The molecule has 2 aromatic carbocycles. The minimum atomic E-state index is -0.603. The molecule has 2 aliphatic rings. The summed E-state index contributed by atoms with van der Waals surface area (Å²) in [4.78, 5) is 39.5. The average molecular weight is 408 g/mol. The van der Waals surface area contributed by atoms with Crippen molar-refractivity contribution in [2.24, 2.45) is 0 Å². The second kappa shape index (κ2) is 8.16. The Morgan fingerprint density at radius 1 is 1.17 bits per heavy atom. The number of rotatable bonds is 5. The van der Waals surface area contributed by atoms with Gasteiger partial charge in [0, 0.05) is 12.6 Å². The number of likely N-dealkylation sites (N-methyl/N-ethyl adjacent to an activating group) is 1. The molecular weight excluding hydrogens is 384 g/mol. The van der Waals surface area contributed by atoms with Gasteiger partial charge >= 0.3 is 0 Å². The Morgan fingerprint density at radius 3 is 2.60 bits per heavy atom. The third-order valence-electron chi connectivity index (χ3n) is 5.50. The van der Waals surface area contributed by atoms with Gasteiger partial charge in [-0.25, -0.2) is 0 Å². The number of fused-ring (bicyclic) bond motifs is 2. The number of anilines is 1. The molecule has 156 valence electrons. The van der Waals surface area contributed by atoms with Gasteiger partial charge in [-0.05, 0) is 48.9 Å². The van der Waals surface area contributed by atoms with Crippen LogP contribution in [0.3, 0.4) is 0 Å². The first kappa shape index (κ1) is 19.9. The number of amides is 3. The number of ether oxygens (including phenoxy) is 1. The molecule has 2 aliphatic heterocycles. The summed E-state index contributed by atoms with van der Waals surface area (Å²) < 4.78 is 5.20. The molecule has 0 bridgehead atoms. The standard InChI is InChI=1S/C22H24N4O4/c1-23-11-20(27)24-15-10-19-21(28)25-18-8-5-14(9-17(18)22(29)26(19)12-15)13-3-6-16(30-2)7-4-13/h3-9,15,19,23H,10-12H2,1-2H3,(H,24,27)(H,25,28)/t15-,19-/m0/s1. The summed E-state index contributed by atoms with van der Waals surface area (Å²) in [6, 6.07) is 12.2. The predicted octanol–water partition coefficient (Wildman–Crippen LogP) is 1.23. The number of carbonyl (C=O) groups excluding carboxylic acids is 3. The molecule has 0 radical (unpaired) electrons. The van der Waals surface area contributed by atoms with Crippen molar-refractivity contribution >= 4 is 23.4 Å². The molecule has 3 N–H and O–H groups in total. The molecule has 0 saturated carbocycles. The number of nitrogens with one attached hydrogen (secondary N) is 3. The van der Waals surface area contributed by atoms with Gasteiger partial charge in [-0.3, -0.25) is 14.4 Å². The van der Waals surface area contributed by atoms with E-state index < -0.39 is 6.04 Å². The van der Waals surface area contributed by atoms with Crippen molar-refractivity contribution in [1.82, 2.24) is 15.5 Å². The zero-order valence-corrected chi connectivity index (χ0v) is 16.9. The van der Waals surface area contributed by atoms with Crippen molar-refractivity contribution < 1.29 is 19.1 Å². The van der Waals surface area contributed by atoms with Crippen LogP contribution in [0.1, 0.15) is 16.8 Å². The molecule has 0 unspecified atom stereocenters. The van der Waals surface area contributed by atoms with Crippen LogP contribution >= 0.6 is 0 Å². The molecule has 2 atom stereocenters. The number of methoxy groups -OCH3 is 1. The van der Waals surface area contributed by atoms with Gasteiger partial charge in [-0.2, -0.15) is 0 Å². The summed E-state index contributed by atoms with van der Waals surface area (Å²) in [5.41, 5.74) is 2.77. The van der Waals surface area contributed by atoms with Crippen LogP contribution in [-0.2, 0) is 9.59 Å². The molecular formula is C22H24N4O4. The number of nitrogens with zero attached hydrogens (tertiary/aromatic N) is 1. The highest BCUT2D eigenvalue weighted by atomic mass is 16.5. The number of hydrogen-bond acceptors (Lipinski definition) is 5. The largest absolute Gasteiger partial charge is 0.497 e. The highest BCUT2D eigenvalue weighted by Crippen LogP contribution is 2.32. The molecule has 2 aromatic rings. The fourth-order valence-corrected chi connectivity index (χ4v) is 4.02. The second-order valence-corrected chi connectivity index (χ2v) is 7.48. The summed E-state index contributed by atoms with van der Waals surface area (Å²) in [6.45, 7) is 0.494. The van der Waals surface area contributed by atoms with E-state index in [-0.39, 0.29) is 30.3 Å². The Hall–Kier alpha value is -3.39. The SMILES string of the molecule is CNCC(=O)N[C@H]1C[C@H]2C(=O)Nc3ccc(-c4ccc(OC)cc4)cc3C(=O)N2C1. The fourth-order valence-electron chi connectivity index (χ4n) is 4.02. The molecule has 3 amide bonds. The van der Waals surface area contributed by atoms with Crippen molar-refractivity contribution in [3.63, 3.8) is 0 Å². The zero-order valence-electron chi connectivity index (χ0n) is 16.9. The van der Waals surface area contributed by atoms with E-state index in [2.05, 4.69) is 16.0 Å². The van der Waals surface area contributed by atoms with Crippen LogP contribution in [0.15, 0.2) is 42.5 Å². The van der Waals surface area contributed by atoms with Gasteiger partial charge in [-0.15, -0.1) is 0 Å². The average Bonchev–Trinajstić information content (AvgIpc) is 3.14. The molecule has 0 aromatic heterocycles. The number of carbonyl (C=O) groups is 3. The topological polar surface area (TPSA) is 99.8 Å². The van der Waals surface area contributed by atoms with Gasteiger partial charge in [0.15, 0.2) is 0 Å². The summed E-state index contributed by atoms with van der Waals surface area (Å²) in [5, 5.41) is 8.55. The first-order chi connectivity index (χ1) is 14.5. The van der Waals surface area contributed by atoms with Gasteiger partial charge in [0.2, 0.25) is 11.8 Å². The quantitative estimate of drug-likeness (QED) is 0.691. The Kier molecular flexibility index (Phi) is 5.41. The number of benzene rings is 2. The third-order valence-corrected chi connectivity index (χ3v) is 5.50. The molecule has 1 fully saturated rings. The van der Waals surface area contributed by atoms with Gasteiger partial charge < -0.3 is 25.6 Å². The second-order valence-electron chi connectivity index (χ2n) is 7.48. The third kappa shape index (κ3) is 3.73. The molecule has 1 saturated heterocycles. The number of hydrogen-bond donors (Lipinski definition) is 3. The van der Waals surface area contributed by atoms with E-state index in [1.807, 2.05) is 30.3 Å². The van der Waals surface area contributed by atoms with Gasteiger partial charge in [0.05, 0.1) is 24.9 Å². The lowest BCUT2D eigenvalue weighted by atomic mass is 10.0. The van der Waals surface area contributed by atoms with Crippen molar-refractivity contribution in [3.05, 3.63) is 48.0 Å². The van der Waals surface area contributed by atoms with Gasteiger partial charge in [0.25, 0.3) is 5.91 Å². The summed E-state index contributed by atoms with van der Waals surface area (Å²) in [5.74, 6) is 0.150. The minimum absolute atomic E-state index is 0.157. The lowest BCUT2D eigenvalue weighted by Crippen LogP contribution is -2.42. The van der Waals surface area contributed by atoms with Crippen LogP contribution in [0.25, 0.3) is 11.1 Å². The Morgan fingerprint density at radius 2 is 1.90 bits per heavy atom. The van der Waals surface area contributed by atoms with Crippen LogP contribution in [0.5, 0.6) is 5.75 Å². The van der Waals surface area contributed by atoms with E-state index in [0.29, 0.717) is 24.2 Å². The highest BCUT2D eigenvalue weighted by molar-refractivity contribution is 6.10. The van der Waals surface area contributed by atoms with Crippen molar-refractivity contribution in [3.8, 4) is 16.9 Å². The summed E-state index contributed by atoms with van der Waals surface area (Å²) in [7, 11) is 3.30. The normalized spacial score (nSPS) is 20.1. The summed E-state index contributed by atoms with van der Waals surface area (Å²) in [6.07, 6.45) is 0.395. The Balaban J connectivity index is 1.61.